The standard InChI is InChI=1S/C15H13Cl2FO2/c1-19-10-4-5-11(14(8-10)20-2)15(17)9-3-6-13(18)12(16)7-9/h3-8,15H,1-2H3. The van der Waals surface area contributed by atoms with Crippen molar-refractivity contribution in [2.24, 2.45) is 0 Å². The lowest BCUT2D eigenvalue weighted by atomic mass is 10.0. The Morgan fingerprint density at radius 3 is 2.40 bits per heavy atom. The molecule has 0 amide bonds. The van der Waals surface area contributed by atoms with Gasteiger partial charge in [0.25, 0.3) is 0 Å². The van der Waals surface area contributed by atoms with Crippen LogP contribution in [0.2, 0.25) is 5.02 Å². The van der Waals surface area contributed by atoms with Crippen molar-refractivity contribution >= 4 is 23.2 Å². The molecule has 0 fully saturated rings. The molecule has 2 aromatic rings. The highest BCUT2D eigenvalue weighted by Gasteiger charge is 2.17. The van der Waals surface area contributed by atoms with Gasteiger partial charge >= 0.3 is 0 Å². The van der Waals surface area contributed by atoms with E-state index in [1.165, 1.54) is 12.1 Å². The lowest BCUT2D eigenvalue weighted by Crippen LogP contribution is -1.98. The van der Waals surface area contributed by atoms with Crippen LogP contribution in [-0.4, -0.2) is 14.2 Å². The Morgan fingerprint density at radius 2 is 1.80 bits per heavy atom. The summed E-state index contributed by atoms with van der Waals surface area (Å²) in [6.45, 7) is 0. The van der Waals surface area contributed by atoms with Crippen LogP contribution in [0.5, 0.6) is 11.5 Å². The lowest BCUT2D eigenvalue weighted by molar-refractivity contribution is 0.391. The summed E-state index contributed by atoms with van der Waals surface area (Å²) < 4.78 is 23.6. The third-order valence-electron chi connectivity index (χ3n) is 2.95. The van der Waals surface area contributed by atoms with E-state index in [2.05, 4.69) is 0 Å². The van der Waals surface area contributed by atoms with E-state index in [1.54, 1.807) is 32.4 Å². The molecule has 0 N–H and O–H groups in total. The van der Waals surface area contributed by atoms with Gasteiger partial charge in [0.1, 0.15) is 17.3 Å². The smallest absolute Gasteiger partial charge is 0.141 e. The van der Waals surface area contributed by atoms with E-state index in [1.807, 2.05) is 6.07 Å². The molecule has 0 aromatic heterocycles. The molecule has 0 spiro atoms. The Morgan fingerprint density at radius 1 is 1.05 bits per heavy atom. The molecule has 0 heterocycles. The van der Waals surface area contributed by atoms with Gasteiger partial charge in [-0.25, -0.2) is 4.39 Å². The van der Waals surface area contributed by atoms with Crippen LogP contribution in [-0.2, 0) is 0 Å². The number of alkyl halides is 1. The lowest BCUT2D eigenvalue weighted by Gasteiger charge is -2.15. The largest absolute Gasteiger partial charge is 0.497 e. The minimum absolute atomic E-state index is 0.0422. The second-order valence-corrected chi connectivity index (χ2v) is 4.99. The summed E-state index contributed by atoms with van der Waals surface area (Å²) in [6.07, 6.45) is 0. The molecule has 0 aliphatic rings. The van der Waals surface area contributed by atoms with Gasteiger partial charge in [-0.1, -0.05) is 17.7 Å². The zero-order valence-corrected chi connectivity index (χ0v) is 12.5. The third-order valence-corrected chi connectivity index (χ3v) is 3.73. The van der Waals surface area contributed by atoms with Gasteiger partial charge in [-0.2, -0.15) is 0 Å². The topological polar surface area (TPSA) is 18.5 Å². The van der Waals surface area contributed by atoms with E-state index in [0.29, 0.717) is 17.1 Å². The predicted octanol–water partition coefficient (Wildman–Crippen LogP) is 4.82. The third kappa shape index (κ3) is 3.00. The predicted molar refractivity (Wildman–Crippen MR) is 78.7 cm³/mol. The van der Waals surface area contributed by atoms with Crippen LogP contribution in [0.1, 0.15) is 16.5 Å². The molecule has 2 nitrogen and oxygen atoms in total. The molecule has 2 aromatic carbocycles. The molecule has 106 valence electrons. The van der Waals surface area contributed by atoms with Crippen molar-refractivity contribution in [1.29, 1.82) is 0 Å². The van der Waals surface area contributed by atoms with Crippen LogP contribution in [0.15, 0.2) is 36.4 Å². The van der Waals surface area contributed by atoms with E-state index in [-0.39, 0.29) is 5.02 Å². The number of halogens is 3. The summed E-state index contributed by atoms with van der Waals surface area (Å²) in [4.78, 5) is 0. The normalized spacial score (nSPS) is 12.1. The molecule has 2 rings (SSSR count). The molecule has 0 radical (unpaired) electrons. The van der Waals surface area contributed by atoms with Gasteiger partial charge in [0.2, 0.25) is 0 Å². The highest BCUT2D eigenvalue weighted by Crippen LogP contribution is 2.37. The van der Waals surface area contributed by atoms with Crippen molar-refractivity contribution in [2.45, 2.75) is 5.38 Å². The summed E-state index contributed by atoms with van der Waals surface area (Å²) in [5.41, 5.74) is 1.46. The monoisotopic (exact) mass is 314 g/mol. The van der Waals surface area contributed by atoms with E-state index in [9.17, 15) is 4.39 Å². The average Bonchev–Trinajstić information content (AvgIpc) is 2.48. The fraction of sp³-hybridized carbons (Fsp3) is 0.200. The van der Waals surface area contributed by atoms with E-state index >= 15 is 0 Å². The Balaban J connectivity index is 2.41. The molecule has 0 aliphatic carbocycles. The summed E-state index contributed by atoms with van der Waals surface area (Å²) in [7, 11) is 3.13. The van der Waals surface area contributed by atoms with Gasteiger partial charge in [-0.3, -0.25) is 0 Å². The van der Waals surface area contributed by atoms with Crippen molar-refractivity contribution < 1.29 is 13.9 Å². The van der Waals surface area contributed by atoms with Crippen LogP contribution in [0, 0.1) is 5.82 Å². The maximum absolute atomic E-state index is 13.2. The first kappa shape index (κ1) is 14.9. The first-order chi connectivity index (χ1) is 9.56. The average molecular weight is 315 g/mol. The number of hydrogen-bond acceptors (Lipinski definition) is 2. The summed E-state index contributed by atoms with van der Waals surface area (Å²) in [5.74, 6) is 0.803. The minimum Gasteiger partial charge on any atom is -0.497 e. The maximum atomic E-state index is 13.2. The minimum atomic E-state index is -0.492. The molecule has 1 atom stereocenters. The number of ether oxygens (including phenoxy) is 2. The van der Waals surface area contributed by atoms with Crippen molar-refractivity contribution in [3.63, 3.8) is 0 Å². The molecule has 0 saturated heterocycles. The maximum Gasteiger partial charge on any atom is 0.141 e. The van der Waals surface area contributed by atoms with Crippen LogP contribution >= 0.6 is 23.2 Å². The number of rotatable bonds is 4. The van der Waals surface area contributed by atoms with Crippen LogP contribution < -0.4 is 9.47 Å². The number of hydrogen-bond donors (Lipinski definition) is 0. The van der Waals surface area contributed by atoms with Gasteiger partial charge in [0.15, 0.2) is 0 Å². The second kappa shape index (κ2) is 6.33. The Bertz CT molecular complexity index is 617. The summed E-state index contributed by atoms with van der Waals surface area (Å²) in [5, 5.41) is -0.449. The van der Waals surface area contributed by atoms with Crippen molar-refractivity contribution in [3.8, 4) is 11.5 Å². The van der Waals surface area contributed by atoms with Gasteiger partial charge in [-0.15, -0.1) is 11.6 Å². The van der Waals surface area contributed by atoms with Gasteiger partial charge in [0.05, 0.1) is 24.6 Å². The first-order valence-corrected chi connectivity index (χ1v) is 6.69. The van der Waals surface area contributed by atoms with E-state index in [4.69, 9.17) is 32.7 Å². The number of benzene rings is 2. The molecule has 1 unspecified atom stereocenters. The first-order valence-electron chi connectivity index (χ1n) is 5.87. The highest BCUT2D eigenvalue weighted by atomic mass is 35.5. The fourth-order valence-corrected chi connectivity index (χ4v) is 2.38. The van der Waals surface area contributed by atoms with E-state index in [0.717, 1.165) is 5.56 Å². The van der Waals surface area contributed by atoms with Gasteiger partial charge in [0, 0.05) is 11.6 Å². The highest BCUT2D eigenvalue weighted by molar-refractivity contribution is 6.31. The van der Waals surface area contributed by atoms with Crippen LogP contribution in [0.25, 0.3) is 0 Å². The van der Waals surface area contributed by atoms with Gasteiger partial charge < -0.3 is 9.47 Å². The van der Waals surface area contributed by atoms with Crippen molar-refractivity contribution in [2.75, 3.05) is 14.2 Å². The zero-order chi connectivity index (χ0) is 14.7. The molecule has 0 aliphatic heterocycles. The van der Waals surface area contributed by atoms with E-state index < -0.39 is 11.2 Å². The Kier molecular flexibility index (Phi) is 4.73. The molecule has 0 saturated carbocycles. The molecular formula is C15H13Cl2FO2. The quantitative estimate of drug-likeness (QED) is 0.753. The van der Waals surface area contributed by atoms with Gasteiger partial charge in [-0.05, 0) is 29.8 Å². The molecular weight excluding hydrogens is 302 g/mol. The second-order valence-electron chi connectivity index (χ2n) is 4.14. The fourth-order valence-electron chi connectivity index (χ4n) is 1.88. The van der Waals surface area contributed by atoms with Crippen LogP contribution in [0.4, 0.5) is 4.39 Å². The summed E-state index contributed by atoms with van der Waals surface area (Å²) in [6, 6.07) is 9.75. The summed E-state index contributed by atoms with van der Waals surface area (Å²) >= 11 is 12.2. The molecule has 20 heavy (non-hydrogen) atoms. The molecule has 0 bridgehead atoms. The SMILES string of the molecule is COc1ccc(C(Cl)c2ccc(F)c(Cl)c2)c(OC)c1. The van der Waals surface area contributed by atoms with Crippen molar-refractivity contribution in [3.05, 3.63) is 58.4 Å². The van der Waals surface area contributed by atoms with Crippen molar-refractivity contribution in [1.82, 2.24) is 0 Å². The Hall–Kier alpha value is -1.45. The zero-order valence-electron chi connectivity index (χ0n) is 11.0. The number of methoxy groups -OCH3 is 2. The Labute approximate surface area is 127 Å². The molecule has 5 heteroatoms. The van der Waals surface area contributed by atoms with Crippen LogP contribution in [0.3, 0.4) is 0 Å².